The van der Waals surface area contributed by atoms with E-state index in [0.717, 1.165) is 12.0 Å². The third kappa shape index (κ3) is 3.61. The molecule has 1 atom stereocenters. The van der Waals surface area contributed by atoms with Crippen molar-refractivity contribution in [1.29, 1.82) is 0 Å². The van der Waals surface area contributed by atoms with Crippen LogP contribution in [0.15, 0.2) is 24.3 Å². The van der Waals surface area contributed by atoms with E-state index in [1.54, 1.807) is 12.1 Å². The summed E-state index contributed by atoms with van der Waals surface area (Å²) in [4.78, 5) is 23.7. The van der Waals surface area contributed by atoms with Crippen LogP contribution < -0.4 is 5.32 Å². The molecule has 1 aromatic rings. The Balaban J connectivity index is 2.06. The molecular weight excluding hydrogens is 302 g/mol. The molecule has 4 nitrogen and oxygen atoms in total. The zero-order chi connectivity index (χ0) is 16.3. The molecule has 5 heteroatoms. The minimum Gasteiger partial charge on any atom is -0.481 e. The number of benzene rings is 1. The molecule has 1 saturated carbocycles. The predicted molar refractivity (Wildman–Crippen MR) is 85.7 cm³/mol. The van der Waals surface area contributed by atoms with Crippen molar-refractivity contribution in [3.8, 4) is 0 Å². The lowest BCUT2D eigenvalue weighted by Crippen LogP contribution is -2.43. The molecule has 1 unspecified atom stereocenters. The highest BCUT2D eigenvalue weighted by Gasteiger charge is 2.46. The number of nitrogens with one attached hydrogen (secondary N) is 1. The van der Waals surface area contributed by atoms with Crippen LogP contribution in [0.1, 0.15) is 51.1 Å². The smallest absolute Gasteiger partial charge is 0.310 e. The second-order valence-electron chi connectivity index (χ2n) is 6.46. The largest absolute Gasteiger partial charge is 0.481 e. The number of hydrogen-bond acceptors (Lipinski definition) is 2. The highest BCUT2D eigenvalue weighted by molar-refractivity contribution is 6.30. The quantitative estimate of drug-likeness (QED) is 0.836. The number of aliphatic carboxylic acids is 1. The normalized spacial score (nSPS) is 17.6. The summed E-state index contributed by atoms with van der Waals surface area (Å²) in [6.45, 7) is 4.05. The van der Waals surface area contributed by atoms with Gasteiger partial charge in [0.2, 0.25) is 5.91 Å². The Kier molecular flexibility index (Phi) is 5.12. The van der Waals surface area contributed by atoms with Gasteiger partial charge in [0.05, 0.1) is 11.5 Å². The maximum atomic E-state index is 12.3. The Labute approximate surface area is 135 Å². The van der Waals surface area contributed by atoms with Gasteiger partial charge in [-0.3, -0.25) is 9.59 Å². The number of halogens is 1. The van der Waals surface area contributed by atoms with E-state index in [1.807, 2.05) is 26.0 Å². The second-order valence-corrected chi connectivity index (χ2v) is 6.89. The van der Waals surface area contributed by atoms with Crippen molar-refractivity contribution in [2.75, 3.05) is 0 Å². The number of carbonyl (C=O) groups is 2. The van der Waals surface area contributed by atoms with Crippen LogP contribution in [0.2, 0.25) is 5.02 Å². The third-order valence-electron chi connectivity index (χ3n) is 4.48. The Hall–Kier alpha value is -1.55. The van der Waals surface area contributed by atoms with E-state index in [9.17, 15) is 14.7 Å². The number of hydrogen-bond donors (Lipinski definition) is 2. The summed E-state index contributed by atoms with van der Waals surface area (Å²) >= 11 is 5.90. The lowest BCUT2D eigenvalue weighted by Gasteiger charge is -2.37. The van der Waals surface area contributed by atoms with E-state index in [4.69, 9.17) is 11.6 Å². The molecule has 1 aliphatic rings. The lowest BCUT2D eigenvalue weighted by atomic mass is 9.66. The molecule has 1 aliphatic carbocycles. The Morgan fingerprint density at radius 3 is 2.27 bits per heavy atom. The molecule has 1 fully saturated rings. The molecule has 120 valence electrons. The van der Waals surface area contributed by atoms with E-state index >= 15 is 0 Å². The van der Waals surface area contributed by atoms with Gasteiger partial charge >= 0.3 is 5.97 Å². The minimum absolute atomic E-state index is 0.0547. The number of amides is 1. The first-order valence-electron chi connectivity index (χ1n) is 7.62. The molecule has 0 heterocycles. The molecule has 22 heavy (non-hydrogen) atoms. The first kappa shape index (κ1) is 16.8. The topological polar surface area (TPSA) is 66.4 Å². The van der Waals surface area contributed by atoms with Gasteiger partial charge in [0.15, 0.2) is 0 Å². The zero-order valence-electron chi connectivity index (χ0n) is 12.9. The van der Waals surface area contributed by atoms with E-state index in [2.05, 4.69) is 5.32 Å². The Morgan fingerprint density at radius 1 is 1.27 bits per heavy atom. The van der Waals surface area contributed by atoms with Crippen molar-refractivity contribution in [3.05, 3.63) is 34.9 Å². The van der Waals surface area contributed by atoms with Crippen LogP contribution in [0.3, 0.4) is 0 Å². The first-order chi connectivity index (χ1) is 10.3. The second kappa shape index (κ2) is 6.69. The molecule has 0 bridgehead atoms. The highest BCUT2D eigenvalue weighted by Crippen LogP contribution is 2.44. The summed E-state index contributed by atoms with van der Waals surface area (Å²) in [7, 11) is 0. The maximum absolute atomic E-state index is 12.3. The fourth-order valence-electron chi connectivity index (χ4n) is 2.91. The van der Waals surface area contributed by atoms with E-state index < -0.39 is 11.4 Å². The molecule has 2 N–H and O–H groups in total. The average molecular weight is 324 g/mol. The van der Waals surface area contributed by atoms with Gasteiger partial charge in [-0.2, -0.15) is 0 Å². The monoisotopic (exact) mass is 323 g/mol. The highest BCUT2D eigenvalue weighted by atomic mass is 35.5. The number of rotatable bonds is 6. The van der Waals surface area contributed by atoms with Crippen molar-refractivity contribution in [2.45, 2.75) is 45.6 Å². The van der Waals surface area contributed by atoms with E-state index in [1.165, 1.54) is 0 Å². The van der Waals surface area contributed by atoms with Crippen LogP contribution in [0, 0.1) is 11.3 Å². The Morgan fingerprint density at radius 2 is 1.86 bits per heavy atom. The molecule has 0 saturated heterocycles. The molecule has 1 amide bonds. The fourth-order valence-corrected chi connectivity index (χ4v) is 3.03. The summed E-state index contributed by atoms with van der Waals surface area (Å²) in [6.07, 6.45) is 2.11. The third-order valence-corrected chi connectivity index (χ3v) is 4.73. The fraction of sp³-hybridized carbons (Fsp3) is 0.529. The molecule has 0 radical (unpaired) electrons. The van der Waals surface area contributed by atoms with Crippen LogP contribution in [-0.2, 0) is 9.59 Å². The van der Waals surface area contributed by atoms with Crippen LogP contribution >= 0.6 is 11.6 Å². The van der Waals surface area contributed by atoms with E-state index in [-0.39, 0.29) is 24.3 Å². The van der Waals surface area contributed by atoms with Gasteiger partial charge in [-0.15, -0.1) is 0 Å². The lowest BCUT2D eigenvalue weighted by molar-refractivity contribution is -0.157. The zero-order valence-corrected chi connectivity index (χ0v) is 13.7. The standard InChI is InChI=1S/C17H22ClNO3/c1-11(2)15(12-4-6-13(18)7-5-12)19-14(20)10-17(16(21)22)8-3-9-17/h4-7,11,15H,3,8-10H2,1-2H3,(H,19,20)(H,21,22). The maximum Gasteiger partial charge on any atom is 0.310 e. The van der Waals surface area contributed by atoms with E-state index in [0.29, 0.717) is 17.9 Å². The number of carbonyl (C=O) groups excluding carboxylic acids is 1. The molecule has 2 rings (SSSR count). The number of carboxylic acid groups (broad SMARTS) is 1. The summed E-state index contributed by atoms with van der Waals surface area (Å²) in [6, 6.07) is 7.23. The van der Waals surface area contributed by atoms with Gasteiger partial charge in [-0.25, -0.2) is 0 Å². The summed E-state index contributed by atoms with van der Waals surface area (Å²) < 4.78 is 0. The van der Waals surface area contributed by atoms with Gasteiger partial charge in [0, 0.05) is 11.4 Å². The Bertz CT molecular complexity index is 550. The minimum atomic E-state index is -0.860. The summed E-state index contributed by atoms with van der Waals surface area (Å²) in [5.41, 5.74) is 0.122. The average Bonchev–Trinajstić information content (AvgIpc) is 2.40. The summed E-state index contributed by atoms with van der Waals surface area (Å²) in [5, 5.41) is 13.0. The number of carboxylic acids is 1. The van der Waals surface area contributed by atoms with Crippen LogP contribution in [0.5, 0.6) is 0 Å². The van der Waals surface area contributed by atoms with Crippen molar-refractivity contribution in [3.63, 3.8) is 0 Å². The van der Waals surface area contributed by atoms with Crippen molar-refractivity contribution in [2.24, 2.45) is 11.3 Å². The van der Waals surface area contributed by atoms with Gasteiger partial charge < -0.3 is 10.4 Å². The molecule has 0 aliphatic heterocycles. The predicted octanol–water partition coefficient (Wildman–Crippen LogP) is 3.80. The first-order valence-corrected chi connectivity index (χ1v) is 8.00. The molecule has 1 aromatic carbocycles. The van der Waals surface area contributed by atoms with Crippen molar-refractivity contribution < 1.29 is 14.7 Å². The van der Waals surface area contributed by atoms with Crippen LogP contribution in [0.25, 0.3) is 0 Å². The molecule has 0 aromatic heterocycles. The van der Waals surface area contributed by atoms with Crippen LogP contribution in [-0.4, -0.2) is 17.0 Å². The van der Waals surface area contributed by atoms with Crippen molar-refractivity contribution in [1.82, 2.24) is 5.32 Å². The summed E-state index contributed by atoms with van der Waals surface area (Å²) in [5.74, 6) is -0.857. The van der Waals surface area contributed by atoms with Crippen molar-refractivity contribution >= 4 is 23.5 Å². The van der Waals surface area contributed by atoms with Gasteiger partial charge in [0.25, 0.3) is 0 Å². The van der Waals surface area contributed by atoms with Gasteiger partial charge in [0.1, 0.15) is 0 Å². The van der Waals surface area contributed by atoms with Gasteiger partial charge in [-0.05, 0) is 36.5 Å². The molecular formula is C17H22ClNO3. The molecule has 0 spiro atoms. The van der Waals surface area contributed by atoms with Gasteiger partial charge in [-0.1, -0.05) is 44.0 Å². The SMILES string of the molecule is CC(C)C(NC(=O)CC1(C(=O)O)CCC1)c1ccc(Cl)cc1. The van der Waals surface area contributed by atoms with Crippen LogP contribution in [0.4, 0.5) is 0 Å².